The van der Waals surface area contributed by atoms with E-state index in [-0.39, 0.29) is 12.5 Å². The second kappa shape index (κ2) is 8.33. The van der Waals surface area contributed by atoms with Crippen molar-refractivity contribution in [2.45, 2.75) is 26.7 Å². The molecular formula is C21H22N2O3S. The highest BCUT2D eigenvalue weighted by molar-refractivity contribution is 7.11. The number of benzene rings is 1. The fourth-order valence-electron chi connectivity index (χ4n) is 2.96. The monoisotopic (exact) mass is 382 g/mol. The number of nitrogens with two attached hydrogens (primary N) is 1. The minimum Gasteiger partial charge on any atom is -0.366 e. The van der Waals surface area contributed by atoms with Gasteiger partial charge in [0.1, 0.15) is 6.29 Å². The molecule has 1 aliphatic rings. The maximum atomic E-state index is 12.1. The third-order valence-corrected chi connectivity index (χ3v) is 5.27. The van der Waals surface area contributed by atoms with E-state index in [0.29, 0.717) is 11.1 Å². The molecule has 2 heterocycles. The number of primary amides is 1. The van der Waals surface area contributed by atoms with Crippen molar-refractivity contribution < 1.29 is 14.3 Å². The van der Waals surface area contributed by atoms with Crippen molar-refractivity contribution in [3.63, 3.8) is 0 Å². The van der Waals surface area contributed by atoms with E-state index >= 15 is 0 Å². The lowest BCUT2D eigenvalue weighted by Gasteiger charge is -2.30. The van der Waals surface area contributed by atoms with E-state index in [2.05, 4.69) is 5.32 Å². The molecule has 0 spiro atoms. The van der Waals surface area contributed by atoms with Crippen LogP contribution in [0, 0.1) is 5.92 Å². The lowest BCUT2D eigenvalue weighted by Crippen LogP contribution is -2.41. The molecular weight excluding hydrogens is 360 g/mol. The zero-order valence-corrected chi connectivity index (χ0v) is 16.1. The van der Waals surface area contributed by atoms with Crippen molar-refractivity contribution in [3.05, 3.63) is 75.0 Å². The molecule has 5 nitrogen and oxygen atoms in total. The molecule has 1 aliphatic heterocycles. The Morgan fingerprint density at radius 1 is 1.30 bits per heavy atom. The quantitative estimate of drug-likeness (QED) is 0.718. The maximum Gasteiger partial charge on any atom is 0.249 e. The summed E-state index contributed by atoms with van der Waals surface area (Å²) in [6.45, 7) is 4.35. The Labute approximate surface area is 162 Å². The normalized spacial score (nSPS) is 16.9. The number of ether oxygens (including phenoxy) is 1. The second-order valence-electron chi connectivity index (χ2n) is 6.62. The van der Waals surface area contributed by atoms with Crippen LogP contribution in [0.15, 0.2) is 59.0 Å². The topological polar surface area (TPSA) is 81.4 Å². The van der Waals surface area contributed by atoms with E-state index in [0.717, 1.165) is 28.0 Å². The molecule has 0 fully saturated rings. The summed E-state index contributed by atoms with van der Waals surface area (Å²) in [5.41, 5.74) is 9.44. The SMILES string of the molecule is CC(C)C1=C(C(N)=O)C(OCc2ccc(C=O)cc2)NC(c2cccs2)=C1. The number of nitrogens with one attached hydrogen (secondary N) is 1. The lowest BCUT2D eigenvalue weighted by atomic mass is 9.92. The van der Waals surface area contributed by atoms with Crippen LogP contribution in [0.25, 0.3) is 5.70 Å². The highest BCUT2D eigenvalue weighted by Gasteiger charge is 2.29. The van der Waals surface area contributed by atoms with Gasteiger partial charge in [0, 0.05) is 5.56 Å². The number of carbonyl (C=O) groups excluding carboxylic acids is 2. The Bertz CT molecular complexity index is 881. The fraction of sp³-hybridized carbons (Fsp3) is 0.238. The smallest absolute Gasteiger partial charge is 0.249 e. The average molecular weight is 382 g/mol. The van der Waals surface area contributed by atoms with Gasteiger partial charge in [0.25, 0.3) is 0 Å². The van der Waals surface area contributed by atoms with Crippen LogP contribution in [0.1, 0.15) is 34.6 Å². The molecule has 3 rings (SSSR count). The van der Waals surface area contributed by atoms with E-state index in [1.54, 1.807) is 23.5 Å². The predicted molar refractivity (Wildman–Crippen MR) is 107 cm³/mol. The molecule has 2 aromatic rings. The van der Waals surface area contributed by atoms with Gasteiger partial charge >= 0.3 is 0 Å². The van der Waals surface area contributed by atoms with Crippen molar-refractivity contribution in [3.8, 4) is 0 Å². The van der Waals surface area contributed by atoms with Gasteiger partial charge in [0.05, 0.1) is 22.8 Å². The van der Waals surface area contributed by atoms with Gasteiger partial charge in [-0.1, -0.05) is 44.2 Å². The fourth-order valence-corrected chi connectivity index (χ4v) is 3.67. The number of allylic oxidation sites excluding steroid dienone is 2. The number of amides is 1. The van der Waals surface area contributed by atoms with E-state index in [1.807, 2.05) is 49.6 Å². The highest BCUT2D eigenvalue weighted by atomic mass is 32.1. The van der Waals surface area contributed by atoms with Crippen molar-refractivity contribution in [1.82, 2.24) is 5.32 Å². The molecule has 0 aliphatic carbocycles. The van der Waals surface area contributed by atoms with Crippen LogP contribution in [0.3, 0.4) is 0 Å². The van der Waals surface area contributed by atoms with Gasteiger partial charge in [0.15, 0.2) is 6.23 Å². The first-order valence-electron chi connectivity index (χ1n) is 8.71. The molecule has 1 aromatic carbocycles. The molecule has 3 N–H and O–H groups in total. The Morgan fingerprint density at radius 2 is 2.04 bits per heavy atom. The summed E-state index contributed by atoms with van der Waals surface area (Å²) in [4.78, 5) is 24.0. The van der Waals surface area contributed by atoms with Crippen molar-refractivity contribution in [1.29, 1.82) is 0 Å². The first-order valence-corrected chi connectivity index (χ1v) is 9.59. The second-order valence-corrected chi connectivity index (χ2v) is 7.57. The van der Waals surface area contributed by atoms with Crippen LogP contribution in [-0.2, 0) is 16.1 Å². The first kappa shape index (κ1) is 19.1. The number of hydrogen-bond acceptors (Lipinski definition) is 5. The van der Waals surface area contributed by atoms with Gasteiger partial charge in [-0.2, -0.15) is 0 Å². The van der Waals surface area contributed by atoms with E-state index in [1.165, 1.54) is 0 Å². The van der Waals surface area contributed by atoms with Crippen molar-refractivity contribution in [2.75, 3.05) is 0 Å². The molecule has 0 saturated heterocycles. The molecule has 1 amide bonds. The largest absolute Gasteiger partial charge is 0.366 e. The highest BCUT2D eigenvalue weighted by Crippen LogP contribution is 2.31. The molecule has 0 saturated carbocycles. The Balaban J connectivity index is 1.88. The Kier molecular flexibility index (Phi) is 5.88. The number of rotatable bonds is 7. The van der Waals surface area contributed by atoms with Gasteiger partial charge < -0.3 is 15.8 Å². The van der Waals surface area contributed by atoms with E-state index < -0.39 is 12.1 Å². The zero-order valence-electron chi connectivity index (χ0n) is 15.3. The number of dihydropyridines is 1. The lowest BCUT2D eigenvalue weighted by molar-refractivity contribution is -0.116. The van der Waals surface area contributed by atoms with Gasteiger partial charge in [-0.3, -0.25) is 9.59 Å². The number of carbonyl (C=O) groups is 2. The van der Waals surface area contributed by atoms with Crippen LogP contribution >= 0.6 is 11.3 Å². The van der Waals surface area contributed by atoms with Gasteiger partial charge in [-0.15, -0.1) is 11.3 Å². The molecule has 0 radical (unpaired) electrons. The standard InChI is InChI=1S/C21H22N2O3S/c1-13(2)16-10-17(18-4-3-9-27-18)23-21(19(16)20(22)25)26-12-15-7-5-14(11-24)6-8-15/h3-11,13,21,23H,12H2,1-2H3,(H2,22,25). The summed E-state index contributed by atoms with van der Waals surface area (Å²) >= 11 is 1.62. The van der Waals surface area contributed by atoms with Crippen LogP contribution in [0.2, 0.25) is 0 Å². The Hall–Kier alpha value is -2.70. The molecule has 0 bridgehead atoms. The van der Waals surface area contributed by atoms with Crippen molar-refractivity contribution >= 4 is 29.2 Å². The predicted octanol–water partition coefficient (Wildman–Crippen LogP) is 3.49. The third-order valence-electron chi connectivity index (χ3n) is 4.37. The van der Waals surface area contributed by atoms with Crippen LogP contribution in [0.4, 0.5) is 0 Å². The van der Waals surface area contributed by atoms with Crippen LogP contribution in [0.5, 0.6) is 0 Å². The molecule has 1 atom stereocenters. The minimum atomic E-state index is -0.632. The minimum absolute atomic E-state index is 0.127. The Morgan fingerprint density at radius 3 is 2.59 bits per heavy atom. The number of aldehydes is 1. The third kappa shape index (κ3) is 4.35. The summed E-state index contributed by atoms with van der Waals surface area (Å²) in [7, 11) is 0. The summed E-state index contributed by atoms with van der Waals surface area (Å²) in [5.74, 6) is -0.364. The number of hydrogen-bond donors (Lipinski definition) is 2. The molecule has 140 valence electrons. The number of thiophene rings is 1. The molecule has 1 aromatic heterocycles. The summed E-state index contributed by atoms with van der Waals surface area (Å²) in [5, 5.41) is 5.30. The van der Waals surface area contributed by atoms with E-state index in [4.69, 9.17) is 10.5 Å². The zero-order chi connectivity index (χ0) is 19.4. The summed E-state index contributed by atoms with van der Waals surface area (Å²) in [6.07, 6.45) is 2.15. The van der Waals surface area contributed by atoms with Crippen LogP contribution in [-0.4, -0.2) is 18.4 Å². The molecule has 27 heavy (non-hydrogen) atoms. The summed E-state index contributed by atoms with van der Waals surface area (Å²) in [6, 6.07) is 11.1. The van der Waals surface area contributed by atoms with E-state index in [9.17, 15) is 9.59 Å². The molecule has 6 heteroatoms. The van der Waals surface area contributed by atoms with Crippen LogP contribution < -0.4 is 11.1 Å². The molecule has 1 unspecified atom stereocenters. The maximum absolute atomic E-state index is 12.1. The average Bonchev–Trinajstić information content (AvgIpc) is 3.20. The summed E-state index contributed by atoms with van der Waals surface area (Å²) < 4.78 is 6.03. The first-order chi connectivity index (χ1) is 13.0. The van der Waals surface area contributed by atoms with Gasteiger partial charge in [-0.05, 0) is 34.6 Å². The van der Waals surface area contributed by atoms with Gasteiger partial charge in [-0.25, -0.2) is 0 Å². The van der Waals surface area contributed by atoms with Gasteiger partial charge in [0.2, 0.25) is 5.91 Å². The van der Waals surface area contributed by atoms with Crippen molar-refractivity contribution in [2.24, 2.45) is 11.7 Å².